The molecule has 1 heterocycles. The molecule has 2 rings (SSSR count). The van der Waals surface area contributed by atoms with Crippen molar-refractivity contribution in [2.75, 3.05) is 7.05 Å². The minimum absolute atomic E-state index is 0.421. The molecule has 0 aliphatic heterocycles. The molecule has 1 N–H and O–H groups in total. The summed E-state index contributed by atoms with van der Waals surface area (Å²) in [4.78, 5) is 4.35. The second-order valence-electron chi connectivity index (χ2n) is 4.61. The van der Waals surface area contributed by atoms with Crippen LogP contribution in [0.1, 0.15) is 31.9 Å². The summed E-state index contributed by atoms with van der Waals surface area (Å²) in [6, 6.07) is 11.1. The Bertz CT molecular complexity index is 493. The maximum atomic E-state index is 4.35. The predicted octanol–water partition coefficient (Wildman–Crippen LogP) is 3.54. The van der Waals surface area contributed by atoms with Gasteiger partial charge in [-0.2, -0.15) is 0 Å². The predicted molar refractivity (Wildman–Crippen MR) is 73.0 cm³/mol. The Hall–Kier alpha value is -1.41. The van der Waals surface area contributed by atoms with Crippen LogP contribution in [0, 0.1) is 5.92 Å². The van der Waals surface area contributed by atoms with Gasteiger partial charge >= 0.3 is 0 Å². The van der Waals surface area contributed by atoms with E-state index in [1.807, 2.05) is 19.3 Å². The van der Waals surface area contributed by atoms with Crippen LogP contribution in [0.25, 0.3) is 10.9 Å². The monoisotopic (exact) mass is 228 g/mol. The molecule has 0 fully saturated rings. The molecule has 0 aliphatic rings. The third-order valence-corrected chi connectivity index (χ3v) is 3.51. The maximum absolute atomic E-state index is 4.35. The first-order valence-electron chi connectivity index (χ1n) is 6.28. The van der Waals surface area contributed by atoms with Gasteiger partial charge in [-0.05, 0) is 36.7 Å². The molecule has 2 nitrogen and oxygen atoms in total. The molecule has 0 bridgehead atoms. The molecular weight excluding hydrogens is 208 g/mol. The van der Waals surface area contributed by atoms with Crippen molar-refractivity contribution in [3.8, 4) is 0 Å². The van der Waals surface area contributed by atoms with Crippen LogP contribution in [0.4, 0.5) is 0 Å². The Labute approximate surface area is 103 Å². The largest absolute Gasteiger partial charge is 0.313 e. The van der Waals surface area contributed by atoms with Gasteiger partial charge in [-0.1, -0.05) is 32.4 Å². The third-order valence-electron chi connectivity index (χ3n) is 3.51. The smallest absolute Gasteiger partial charge is 0.0702 e. The summed E-state index contributed by atoms with van der Waals surface area (Å²) in [5.41, 5.74) is 2.41. The van der Waals surface area contributed by atoms with E-state index < -0.39 is 0 Å². The average Bonchev–Trinajstić information content (AvgIpc) is 2.39. The zero-order valence-electron chi connectivity index (χ0n) is 10.8. The summed E-state index contributed by atoms with van der Waals surface area (Å²) in [7, 11) is 2.03. The zero-order chi connectivity index (χ0) is 12.3. The lowest BCUT2D eigenvalue weighted by atomic mass is 9.92. The summed E-state index contributed by atoms with van der Waals surface area (Å²) in [5, 5.41) is 4.63. The van der Waals surface area contributed by atoms with Crippen molar-refractivity contribution in [3.63, 3.8) is 0 Å². The topological polar surface area (TPSA) is 24.9 Å². The molecule has 17 heavy (non-hydrogen) atoms. The van der Waals surface area contributed by atoms with E-state index in [2.05, 4.69) is 48.4 Å². The highest BCUT2D eigenvalue weighted by Gasteiger charge is 2.15. The van der Waals surface area contributed by atoms with Crippen LogP contribution in [0.5, 0.6) is 0 Å². The number of fused-ring (bicyclic) bond motifs is 1. The van der Waals surface area contributed by atoms with Gasteiger partial charge in [0.25, 0.3) is 0 Å². The van der Waals surface area contributed by atoms with Crippen LogP contribution in [0.3, 0.4) is 0 Å². The summed E-state index contributed by atoms with van der Waals surface area (Å²) in [6.07, 6.45) is 3.02. The molecule has 0 saturated heterocycles. The van der Waals surface area contributed by atoms with E-state index in [9.17, 15) is 0 Å². The zero-order valence-corrected chi connectivity index (χ0v) is 10.8. The van der Waals surface area contributed by atoms with Crippen LogP contribution < -0.4 is 5.32 Å². The highest BCUT2D eigenvalue weighted by atomic mass is 14.9. The van der Waals surface area contributed by atoms with E-state index in [4.69, 9.17) is 0 Å². The summed E-state index contributed by atoms with van der Waals surface area (Å²) >= 11 is 0. The normalized spacial score (nSPS) is 14.8. The Morgan fingerprint density at radius 1 is 1.29 bits per heavy atom. The van der Waals surface area contributed by atoms with Gasteiger partial charge in [0, 0.05) is 17.6 Å². The van der Waals surface area contributed by atoms with Crippen molar-refractivity contribution in [2.24, 2.45) is 5.92 Å². The second kappa shape index (κ2) is 5.28. The van der Waals surface area contributed by atoms with E-state index in [0.29, 0.717) is 12.0 Å². The van der Waals surface area contributed by atoms with Crippen LogP contribution in [0.2, 0.25) is 0 Å². The fraction of sp³-hybridized carbons (Fsp3) is 0.400. The van der Waals surface area contributed by atoms with E-state index in [-0.39, 0.29) is 0 Å². The molecule has 0 amide bonds. The second-order valence-corrected chi connectivity index (χ2v) is 4.61. The minimum Gasteiger partial charge on any atom is -0.313 e. The fourth-order valence-electron chi connectivity index (χ4n) is 2.30. The number of hydrogen-bond acceptors (Lipinski definition) is 2. The molecule has 0 spiro atoms. The van der Waals surface area contributed by atoms with Crippen molar-refractivity contribution in [3.05, 3.63) is 42.1 Å². The van der Waals surface area contributed by atoms with E-state index in [1.54, 1.807) is 0 Å². The first kappa shape index (κ1) is 12.1. The minimum atomic E-state index is 0.421. The van der Waals surface area contributed by atoms with Gasteiger partial charge in [-0.25, -0.2) is 0 Å². The number of nitrogens with zero attached hydrogens (tertiary/aromatic N) is 1. The summed E-state index contributed by atoms with van der Waals surface area (Å²) in [6.45, 7) is 4.52. The summed E-state index contributed by atoms with van der Waals surface area (Å²) in [5.74, 6) is 0.633. The number of hydrogen-bond donors (Lipinski definition) is 1. The quantitative estimate of drug-likeness (QED) is 0.865. The Balaban J connectivity index is 2.40. The maximum Gasteiger partial charge on any atom is 0.0702 e. The molecule has 0 aliphatic carbocycles. The molecule has 2 aromatic rings. The molecule has 1 aromatic heterocycles. The molecular formula is C15H20N2. The van der Waals surface area contributed by atoms with Gasteiger partial charge in [-0.15, -0.1) is 0 Å². The molecule has 2 heteroatoms. The fourth-order valence-corrected chi connectivity index (χ4v) is 2.30. The number of pyridine rings is 1. The lowest BCUT2D eigenvalue weighted by molar-refractivity contribution is 0.401. The van der Waals surface area contributed by atoms with Crippen molar-refractivity contribution in [1.29, 1.82) is 0 Å². The average molecular weight is 228 g/mol. The van der Waals surface area contributed by atoms with E-state index in [1.165, 1.54) is 17.4 Å². The first-order valence-corrected chi connectivity index (χ1v) is 6.28. The first-order chi connectivity index (χ1) is 8.26. The number of nitrogens with one attached hydrogen (secondary N) is 1. The Morgan fingerprint density at radius 3 is 2.82 bits per heavy atom. The van der Waals surface area contributed by atoms with Crippen LogP contribution in [0.15, 0.2) is 36.5 Å². The van der Waals surface area contributed by atoms with Gasteiger partial charge < -0.3 is 5.32 Å². The molecule has 90 valence electrons. The molecule has 0 saturated carbocycles. The van der Waals surface area contributed by atoms with Crippen molar-refractivity contribution < 1.29 is 0 Å². The molecule has 2 unspecified atom stereocenters. The SMILES string of the molecule is CCC(C)C(NC)c1ccc2ncccc2c1. The lowest BCUT2D eigenvalue weighted by Gasteiger charge is -2.23. The number of benzene rings is 1. The lowest BCUT2D eigenvalue weighted by Crippen LogP contribution is -2.23. The van der Waals surface area contributed by atoms with Crippen molar-refractivity contribution in [1.82, 2.24) is 10.3 Å². The van der Waals surface area contributed by atoms with Gasteiger partial charge in [-0.3, -0.25) is 4.98 Å². The van der Waals surface area contributed by atoms with Crippen molar-refractivity contribution in [2.45, 2.75) is 26.3 Å². The molecule has 2 atom stereocenters. The Kier molecular flexibility index (Phi) is 3.75. The van der Waals surface area contributed by atoms with Crippen LogP contribution in [-0.2, 0) is 0 Å². The number of aromatic nitrogens is 1. The highest BCUT2D eigenvalue weighted by molar-refractivity contribution is 5.79. The molecule has 0 radical (unpaired) electrons. The van der Waals surface area contributed by atoms with Gasteiger partial charge in [0.15, 0.2) is 0 Å². The van der Waals surface area contributed by atoms with E-state index >= 15 is 0 Å². The highest BCUT2D eigenvalue weighted by Crippen LogP contribution is 2.26. The van der Waals surface area contributed by atoms with Gasteiger partial charge in [0.2, 0.25) is 0 Å². The Morgan fingerprint density at radius 2 is 2.12 bits per heavy atom. The van der Waals surface area contributed by atoms with Crippen LogP contribution >= 0.6 is 0 Å². The van der Waals surface area contributed by atoms with Gasteiger partial charge in [0.05, 0.1) is 5.52 Å². The van der Waals surface area contributed by atoms with E-state index in [0.717, 1.165) is 5.52 Å². The standard InChI is InChI=1S/C15H20N2/c1-4-11(2)15(16-3)13-7-8-14-12(10-13)6-5-9-17-14/h5-11,15-16H,4H2,1-3H3. The van der Waals surface area contributed by atoms with Crippen LogP contribution in [-0.4, -0.2) is 12.0 Å². The number of rotatable bonds is 4. The van der Waals surface area contributed by atoms with Gasteiger partial charge in [0.1, 0.15) is 0 Å². The van der Waals surface area contributed by atoms with Crippen molar-refractivity contribution >= 4 is 10.9 Å². The summed E-state index contributed by atoms with van der Waals surface area (Å²) < 4.78 is 0. The third kappa shape index (κ3) is 2.47. The molecule has 1 aromatic carbocycles.